The molecule has 0 fully saturated rings. The average molecular weight is 166 g/mol. The van der Waals surface area contributed by atoms with Gasteiger partial charge < -0.3 is 15.3 Å². The van der Waals surface area contributed by atoms with Crippen LogP contribution in [0, 0.1) is 11.3 Å². The van der Waals surface area contributed by atoms with E-state index >= 15 is 0 Å². The van der Waals surface area contributed by atoms with Gasteiger partial charge in [-0.3, -0.25) is 0 Å². The molecule has 1 aromatic rings. The Morgan fingerprint density at radius 1 is 1.75 bits per heavy atom. The molecule has 4 heteroatoms. The lowest BCUT2D eigenvalue weighted by molar-refractivity contribution is 0.276. The van der Waals surface area contributed by atoms with Crippen LogP contribution >= 0.6 is 0 Å². The molecule has 0 amide bonds. The number of nitriles is 1. The second kappa shape index (κ2) is 3.90. The van der Waals surface area contributed by atoms with E-state index in [-0.39, 0.29) is 18.4 Å². The number of furan rings is 1. The van der Waals surface area contributed by atoms with Crippen LogP contribution in [0.3, 0.4) is 0 Å². The fourth-order valence-electron chi connectivity index (χ4n) is 0.910. The summed E-state index contributed by atoms with van der Waals surface area (Å²) in [6, 6.07) is 3.19. The molecular weight excluding hydrogens is 156 g/mol. The first-order valence-corrected chi connectivity index (χ1v) is 3.63. The number of hydrogen-bond acceptors (Lipinski definition) is 4. The molecular formula is C8H10N2O2. The van der Waals surface area contributed by atoms with Crippen molar-refractivity contribution in [3.63, 3.8) is 0 Å². The Morgan fingerprint density at radius 3 is 3.00 bits per heavy atom. The molecule has 0 spiro atoms. The molecule has 4 nitrogen and oxygen atoms in total. The molecule has 0 aromatic carbocycles. The number of nitrogens with zero attached hydrogens (tertiary/aromatic N) is 1. The first-order chi connectivity index (χ1) is 5.77. The Morgan fingerprint density at radius 2 is 2.50 bits per heavy atom. The number of rotatable bonds is 3. The topological polar surface area (TPSA) is 83.2 Å². The molecule has 12 heavy (non-hydrogen) atoms. The third-order valence-corrected chi connectivity index (χ3v) is 1.60. The highest BCUT2D eigenvalue weighted by molar-refractivity contribution is 5.24. The van der Waals surface area contributed by atoms with Crippen LogP contribution in [-0.2, 0) is 0 Å². The molecule has 1 aromatic heterocycles. The molecule has 1 atom stereocenters. The quantitative estimate of drug-likeness (QED) is 0.686. The lowest BCUT2D eigenvalue weighted by Gasteiger charge is -2.04. The predicted octanol–water partition coefficient (Wildman–Crippen LogP) is 0.533. The summed E-state index contributed by atoms with van der Waals surface area (Å²) in [5.41, 5.74) is 6.39. The van der Waals surface area contributed by atoms with Gasteiger partial charge in [-0.1, -0.05) is 0 Å². The average Bonchev–Trinajstić information content (AvgIpc) is 2.52. The fraction of sp³-hybridized carbons (Fsp3) is 0.375. The standard InChI is InChI=1S/C8H10N2O2/c9-4-7-3-6(5-12-7)8(10)1-2-11/h3,5,8,11H,1-2,10H2. The zero-order valence-electron chi connectivity index (χ0n) is 6.53. The fourth-order valence-corrected chi connectivity index (χ4v) is 0.910. The second-order valence-electron chi connectivity index (χ2n) is 2.47. The normalized spacial score (nSPS) is 12.4. The van der Waals surface area contributed by atoms with Crippen molar-refractivity contribution >= 4 is 0 Å². The van der Waals surface area contributed by atoms with E-state index in [1.807, 2.05) is 6.07 Å². The van der Waals surface area contributed by atoms with E-state index in [9.17, 15) is 0 Å². The highest BCUT2D eigenvalue weighted by atomic mass is 16.3. The molecule has 0 saturated carbocycles. The van der Waals surface area contributed by atoms with Crippen molar-refractivity contribution in [3.8, 4) is 6.07 Å². The lowest BCUT2D eigenvalue weighted by atomic mass is 10.1. The number of nitrogens with two attached hydrogens (primary N) is 1. The minimum atomic E-state index is -0.249. The molecule has 64 valence electrons. The summed E-state index contributed by atoms with van der Waals surface area (Å²) in [7, 11) is 0. The number of aliphatic hydroxyl groups excluding tert-OH is 1. The molecule has 1 rings (SSSR count). The van der Waals surface area contributed by atoms with Crippen molar-refractivity contribution in [2.45, 2.75) is 12.5 Å². The Labute approximate surface area is 70.2 Å². The maximum Gasteiger partial charge on any atom is 0.203 e. The largest absolute Gasteiger partial charge is 0.454 e. The Kier molecular flexibility index (Phi) is 2.86. The van der Waals surface area contributed by atoms with Crippen LogP contribution in [0.4, 0.5) is 0 Å². The second-order valence-corrected chi connectivity index (χ2v) is 2.47. The van der Waals surface area contributed by atoms with E-state index in [4.69, 9.17) is 20.5 Å². The highest BCUT2D eigenvalue weighted by Gasteiger charge is 2.08. The summed E-state index contributed by atoms with van der Waals surface area (Å²) in [5, 5.41) is 17.0. The first-order valence-electron chi connectivity index (χ1n) is 3.63. The van der Waals surface area contributed by atoms with Crippen LogP contribution in [0.2, 0.25) is 0 Å². The predicted molar refractivity (Wildman–Crippen MR) is 42.1 cm³/mol. The summed E-state index contributed by atoms with van der Waals surface area (Å²) in [5.74, 6) is 0.249. The molecule has 1 unspecified atom stereocenters. The molecule has 0 aliphatic rings. The van der Waals surface area contributed by atoms with E-state index < -0.39 is 0 Å². The van der Waals surface area contributed by atoms with Gasteiger partial charge in [0.15, 0.2) is 0 Å². The monoisotopic (exact) mass is 166 g/mol. The van der Waals surface area contributed by atoms with Gasteiger partial charge in [0.05, 0.1) is 6.26 Å². The summed E-state index contributed by atoms with van der Waals surface area (Å²) in [6.07, 6.45) is 1.92. The van der Waals surface area contributed by atoms with E-state index in [0.717, 1.165) is 5.56 Å². The lowest BCUT2D eigenvalue weighted by Crippen LogP contribution is -2.10. The number of hydrogen-bond donors (Lipinski definition) is 2. The Balaban J connectivity index is 2.69. The smallest absolute Gasteiger partial charge is 0.203 e. The van der Waals surface area contributed by atoms with Crippen LogP contribution in [0.5, 0.6) is 0 Å². The van der Waals surface area contributed by atoms with Crippen molar-refractivity contribution in [3.05, 3.63) is 23.7 Å². The van der Waals surface area contributed by atoms with Crippen molar-refractivity contribution in [1.82, 2.24) is 0 Å². The third kappa shape index (κ3) is 1.84. The van der Waals surface area contributed by atoms with E-state index in [2.05, 4.69) is 0 Å². The third-order valence-electron chi connectivity index (χ3n) is 1.60. The highest BCUT2D eigenvalue weighted by Crippen LogP contribution is 2.16. The minimum absolute atomic E-state index is 0.0359. The maximum atomic E-state index is 8.59. The number of aliphatic hydroxyl groups is 1. The van der Waals surface area contributed by atoms with Gasteiger partial charge in [0.1, 0.15) is 6.07 Å². The summed E-state index contributed by atoms with van der Waals surface area (Å²) < 4.78 is 4.86. The summed E-state index contributed by atoms with van der Waals surface area (Å²) in [6.45, 7) is 0.0359. The molecule has 3 N–H and O–H groups in total. The van der Waals surface area contributed by atoms with Crippen molar-refractivity contribution in [2.75, 3.05) is 6.61 Å². The summed E-state index contributed by atoms with van der Waals surface area (Å²) in [4.78, 5) is 0. The van der Waals surface area contributed by atoms with Gasteiger partial charge in [-0.05, 0) is 12.5 Å². The maximum absolute atomic E-state index is 8.59. The van der Waals surface area contributed by atoms with Gasteiger partial charge in [0.25, 0.3) is 0 Å². The summed E-state index contributed by atoms with van der Waals surface area (Å²) >= 11 is 0. The van der Waals surface area contributed by atoms with Gasteiger partial charge in [-0.25, -0.2) is 0 Å². The molecule has 0 saturated heterocycles. The molecule has 0 radical (unpaired) electrons. The van der Waals surface area contributed by atoms with Crippen LogP contribution in [0.25, 0.3) is 0 Å². The van der Waals surface area contributed by atoms with Gasteiger partial charge in [0, 0.05) is 18.2 Å². The Bertz CT molecular complexity index is 287. The molecule has 0 aliphatic carbocycles. The zero-order valence-corrected chi connectivity index (χ0v) is 6.53. The van der Waals surface area contributed by atoms with Crippen LogP contribution in [0.1, 0.15) is 23.8 Å². The van der Waals surface area contributed by atoms with E-state index in [0.29, 0.717) is 6.42 Å². The first kappa shape index (κ1) is 8.78. The van der Waals surface area contributed by atoms with E-state index in [1.165, 1.54) is 6.26 Å². The van der Waals surface area contributed by atoms with Gasteiger partial charge in [0.2, 0.25) is 5.76 Å². The Hall–Kier alpha value is -1.31. The van der Waals surface area contributed by atoms with Crippen molar-refractivity contribution in [2.24, 2.45) is 5.73 Å². The van der Waals surface area contributed by atoms with Gasteiger partial charge >= 0.3 is 0 Å². The van der Waals surface area contributed by atoms with Gasteiger partial charge in [-0.2, -0.15) is 5.26 Å². The SMILES string of the molecule is N#Cc1cc(C(N)CCO)co1. The minimum Gasteiger partial charge on any atom is -0.454 e. The van der Waals surface area contributed by atoms with Crippen LogP contribution < -0.4 is 5.73 Å². The van der Waals surface area contributed by atoms with Crippen LogP contribution in [0.15, 0.2) is 16.7 Å². The van der Waals surface area contributed by atoms with Gasteiger partial charge in [-0.15, -0.1) is 0 Å². The molecule has 1 heterocycles. The van der Waals surface area contributed by atoms with Crippen molar-refractivity contribution < 1.29 is 9.52 Å². The zero-order chi connectivity index (χ0) is 8.97. The molecule has 0 aliphatic heterocycles. The van der Waals surface area contributed by atoms with Crippen molar-refractivity contribution in [1.29, 1.82) is 5.26 Å². The van der Waals surface area contributed by atoms with Crippen LogP contribution in [-0.4, -0.2) is 11.7 Å². The van der Waals surface area contributed by atoms with E-state index in [1.54, 1.807) is 6.07 Å². The molecule has 0 bridgehead atoms.